The first-order chi connectivity index (χ1) is 17.3. The number of fused-ring (bicyclic) bond motifs is 5. The molecule has 0 saturated heterocycles. The lowest BCUT2D eigenvalue weighted by atomic mass is 9.41. The molecule has 8 nitrogen and oxygen atoms in total. The lowest BCUT2D eigenvalue weighted by Gasteiger charge is -2.65. The van der Waals surface area contributed by atoms with Crippen LogP contribution in [0.4, 0.5) is 0 Å². The van der Waals surface area contributed by atoms with E-state index in [0.29, 0.717) is 12.8 Å². The summed E-state index contributed by atoms with van der Waals surface area (Å²) < 4.78 is 16.5. The van der Waals surface area contributed by atoms with Crippen molar-refractivity contribution < 1.29 is 33.7 Å². The number of ether oxygens (including phenoxy) is 3. The van der Waals surface area contributed by atoms with Gasteiger partial charge in [-0.25, -0.2) is 0 Å². The van der Waals surface area contributed by atoms with Crippen molar-refractivity contribution in [2.24, 2.45) is 52.1 Å². The van der Waals surface area contributed by atoms with Gasteiger partial charge in [-0.15, -0.1) is 0 Å². The van der Waals surface area contributed by atoms with Crippen LogP contribution in [0.2, 0.25) is 0 Å². The molecule has 37 heavy (non-hydrogen) atoms. The molecule has 8 heteroatoms. The van der Waals surface area contributed by atoms with Crippen LogP contribution in [0.15, 0.2) is 0 Å². The van der Waals surface area contributed by atoms with Crippen LogP contribution in [-0.2, 0) is 28.6 Å². The molecule has 3 N–H and O–H groups in total. The van der Waals surface area contributed by atoms with Crippen molar-refractivity contribution in [2.75, 3.05) is 7.11 Å². The maximum absolute atomic E-state index is 12.3. The van der Waals surface area contributed by atoms with Gasteiger partial charge in [-0.05, 0) is 80.0 Å². The Balaban J connectivity index is 1.67. The molecule has 0 amide bonds. The molecule has 0 aromatic rings. The second kappa shape index (κ2) is 10.5. The van der Waals surface area contributed by atoms with E-state index < -0.39 is 17.6 Å². The van der Waals surface area contributed by atoms with Gasteiger partial charge in [-0.1, -0.05) is 20.8 Å². The third kappa shape index (κ3) is 4.81. The Morgan fingerprint density at radius 1 is 1.05 bits per heavy atom. The Kier molecular flexibility index (Phi) is 8.03. The zero-order valence-corrected chi connectivity index (χ0v) is 23.4. The van der Waals surface area contributed by atoms with Crippen molar-refractivity contribution >= 4 is 17.9 Å². The molecule has 0 heterocycles. The van der Waals surface area contributed by atoms with Gasteiger partial charge in [0.15, 0.2) is 0 Å². The lowest BCUT2D eigenvalue weighted by molar-refractivity contribution is -0.225. The fraction of sp³-hybridized carbons (Fsp3) is 0.897. The molecule has 4 fully saturated rings. The van der Waals surface area contributed by atoms with E-state index in [1.807, 2.05) is 0 Å². The maximum atomic E-state index is 12.3. The number of aliphatic hydroxyl groups is 1. The monoisotopic (exact) mass is 521 g/mol. The highest BCUT2D eigenvalue weighted by Crippen LogP contribution is 2.68. The topological polar surface area (TPSA) is 125 Å². The molecule has 0 unspecified atom stereocenters. The minimum atomic E-state index is -0.688. The van der Waals surface area contributed by atoms with Crippen molar-refractivity contribution in [3.8, 4) is 0 Å². The number of aliphatic hydroxyl groups excluding tert-OH is 1. The molecule has 0 aromatic heterocycles. The third-order valence-corrected chi connectivity index (χ3v) is 11.2. The highest BCUT2D eigenvalue weighted by molar-refractivity contribution is 5.69. The average molecular weight is 522 g/mol. The van der Waals surface area contributed by atoms with Gasteiger partial charge in [-0.3, -0.25) is 14.4 Å². The lowest BCUT2D eigenvalue weighted by Crippen LogP contribution is -2.70. The molecule has 4 aliphatic rings. The van der Waals surface area contributed by atoms with Crippen LogP contribution in [-0.4, -0.2) is 54.5 Å². The fourth-order valence-electron chi connectivity index (χ4n) is 9.64. The highest BCUT2D eigenvalue weighted by atomic mass is 16.5. The van der Waals surface area contributed by atoms with Gasteiger partial charge in [0.25, 0.3) is 0 Å². The second-order valence-corrected chi connectivity index (χ2v) is 13.0. The molecule has 12 atom stereocenters. The molecule has 0 aliphatic heterocycles. The van der Waals surface area contributed by atoms with Gasteiger partial charge < -0.3 is 25.1 Å². The molecule has 0 aromatic carbocycles. The number of carbonyl (C=O) groups excluding carboxylic acids is 3. The van der Waals surface area contributed by atoms with Crippen molar-refractivity contribution in [3.05, 3.63) is 0 Å². The zero-order chi connectivity index (χ0) is 27.3. The van der Waals surface area contributed by atoms with Crippen LogP contribution in [0.5, 0.6) is 0 Å². The Bertz CT molecular complexity index is 893. The molecule has 0 radical (unpaired) electrons. The summed E-state index contributed by atoms with van der Waals surface area (Å²) >= 11 is 0. The number of carbonyl (C=O) groups is 3. The molecule has 4 rings (SSSR count). The molecular formula is C29H47NO7. The summed E-state index contributed by atoms with van der Waals surface area (Å²) in [5.74, 6) is 0.111. The van der Waals surface area contributed by atoms with Crippen molar-refractivity contribution in [3.63, 3.8) is 0 Å². The molecular weight excluding hydrogens is 474 g/mol. The number of hydrogen-bond acceptors (Lipinski definition) is 8. The first kappa shape index (κ1) is 28.3. The Hall–Kier alpha value is -1.67. The Morgan fingerprint density at radius 2 is 1.73 bits per heavy atom. The standard InChI is InChI=1S/C29H47NO7/c1-15(7-10-23(33)35-6)20-8-9-21-24-22(37-17(3)32)14-18-13-19(36-16(2)31)11-12-28(18,4)25(24)26(30)27(34)29(20,21)5/h15,18-22,24-27,34H,7-14,30H2,1-6H3/t15-,18+,19-,20-,21+,22-,24-,25-,26-,27-,28+,29-/m1/s1. The van der Waals surface area contributed by atoms with Crippen LogP contribution < -0.4 is 5.73 Å². The van der Waals surface area contributed by atoms with Gasteiger partial charge in [-0.2, -0.15) is 0 Å². The Morgan fingerprint density at radius 3 is 2.35 bits per heavy atom. The van der Waals surface area contributed by atoms with E-state index in [1.54, 1.807) is 0 Å². The first-order valence-electron chi connectivity index (χ1n) is 14.2. The molecule has 0 spiro atoms. The van der Waals surface area contributed by atoms with E-state index in [2.05, 4.69) is 20.8 Å². The Labute approximate surface area is 221 Å². The zero-order valence-electron chi connectivity index (χ0n) is 23.4. The van der Waals surface area contributed by atoms with Crippen LogP contribution in [0, 0.1) is 46.3 Å². The quantitative estimate of drug-likeness (QED) is 0.401. The van der Waals surface area contributed by atoms with Crippen LogP contribution >= 0.6 is 0 Å². The summed E-state index contributed by atoms with van der Waals surface area (Å²) in [7, 11) is 1.41. The normalized spacial score (nSPS) is 45.6. The SMILES string of the molecule is COC(=O)CC[C@@H](C)[C@H]1CC[C@H]2[C@H]3[C@H]([C@@H](N)[C@@H](O)[C@]12C)[C@@]1(C)CC[C@@H](OC(C)=O)C[C@H]1C[C@H]3OC(C)=O. The van der Waals surface area contributed by atoms with Gasteiger partial charge in [0.05, 0.1) is 13.2 Å². The summed E-state index contributed by atoms with van der Waals surface area (Å²) in [5, 5.41) is 11.9. The summed E-state index contributed by atoms with van der Waals surface area (Å²) in [5.41, 5.74) is 6.48. The number of rotatable bonds is 6. The van der Waals surface area contributed by atoms with Gasteiger partial charge in [0.1, 0.15) is 12.2 Å². The number of esters is 3. The van der Waals surface area contributed by atoms with E-state index >= 15 is 0 Å². The summed E-state index contributed by atoms with van der Waals surface area (Å²) in [6, 6.07) is -0.448. The number of methoxy groups -OCH3 is 1. The largest absolute Gasteiger partial charge is 0.469 e. The smallest absolute Gasteiger partial charge is 0.305 e. The summed E-state index contributed by atoms with van der Waals surface area (Å²) in [4.78, 5) is 35.8. The minimum Gasteiger partial charge on any atom is -0.469 e. The predicted octanol–water partition coefficient (Wildman–Crippen LogP) is 3.62. The minimum absolute atomic E-state index is 0.00563. The fourth-order valence-corrected chi connectivity index (χ4v) is 9.64. The average Bonchev–Trinajstić information content (AvgIpc) is 3.18. The predicted molar refractivity (Wildman–Crippen MR) is 137 cm³/mol. The molecule has 210 valence electrons. The maximum Gasteiger partial charge on any atom is 0.305 e. The van der Waals surface area contributed by atoms with E-state index in [0.717, 1.165) is 38.5 Å². The van der Waals surface area contributed by atoms with E-state index in [9.17, 15) is 19.5 Å². The van der Waals surface area contributed by atoms with Gasteiger partial charge in [0, 0.05) is 37.6 Å². The molecule has 4 saturated carbocycles. The first-order valence-corrected chi connectivity index (χ1v) is 14.2. The van der Waals surface area contributed by atoms with Crippen LogP contribution in [0.3, 0.4) is 0 Å². The van der Waals surface area contributed by atoms with E-state index in [4.69, 9.17) is 19.9 Å². The van der Waals surface area contributed by atoms with E-state index in [-0.39, 0.29) is 71.0 Å². The molecule has 4 aliphatic carbocycles. The second-order valence-electron chi connectivity index (χ2n) is 13.0. The van der Waals surface area contributed by atoms with Crippen LogP contribution in [0.25, 0.3) is 0 Å². The number of nitrogens with two attached hydrogens (primary N) is 1. The van der Waals surface area contributed by atoms with Crippen molar-refractivity contribution in [1.82, 2.24) is 0 Å². The van der Waals surface area contributed by atoms with Crippen molar-refractivity contribution in [1.29, 1.82) is 0 Å². The van der Waals surface area contributed by atoms with Crippen molar-refractivity contribution in [2.45, 2.75) is 110 Å². The van der Waals surface area contributed by atoms with Gasteiger partial charge >= 0.3 is 17.9 Å². The third-order valence-electron chi connectivity index (χ3n) is 11.2. The van der Waals surface area contributed by atoms with Gasteiger partial charge in [0.2, 0.25) is 0 Å². The summed E-state index contributed by atoms with van der Waals surface area (Å²) in [6.07, 6.45) is 4.99. The number of hydrogen-bond donors (Lipinski definition) is 2. The van der Waals surface area contributed by atoms with Crippen LogP contribution in [0.1, 0.15) is 86.0 Å². The molecule has 0 bridgehead atoms. The summed E-state index contributed by atoms with van der Waals surface area (Å²) in [6.45, 7) is 9.56. The van der Waals surface area contributed by atoms with E-state index in [1.165, 1.54) is 21.0 Å². The highest BCUT2D eigenvalue weighted by Gasteiger charge is 2.69.